The lowest BCUT2D eigenvalue weighted by Crippen LogP contribution is -2.42. The van der Waals surface area contributed by atoms with Gasteiger partial charge in [0.1, 0.15) is 0 Å². The van der Waals surface area contributed by atoms with E-state index in [1.807, 2.05) is 4.90 Å². The highest BCUT2D eigenvalue weighted by molar-refractivity contribution is 14.0. The zero-order valence-electron chi connectivity index (χ0n) is 20.2. The molecule has 2 aliphatic heterocycles. The summed E-state index contributed by atoms with van der Waals surface area (Å²) < 4.78 is 0. The van der Waals surface area contributed by atoms with Gasteiger partial charge in [-0.3, -0.25) is 9.69 Å². The van der Waals surface area contributed by atoms with E-state index in [0.29, 0.717) is 25.6 Å². The van der Waals surface area contributed by atoms with E-state index in [1.54, 1.807) is 0 Å². The van der Waals surface area contributed by atoms with Crippen molar-refractivity contribution < 1.29 is 4.79 Å². The van der Waals surface area contributed by atoms with Crippen LogP contribution in [0.4, 0.5) is 0 Å². The van der Waals surface area contributed by atoms with Crippen LogP contribution in [0.5, 0.6) is 0 Å². The first-order valence-corrected chi connectivity index (χ1v) is 12.4. The summed E-state index contributed by atoms with van der Waals surface area (Å²) in [6, 6.07) is 19.6. The third kappa shape index (κ3) is 7.43. The van der Waals surface area contributed by atoms with E-state index in [9.17, 15) is 4.79 Å². The summed E-state index contributed by atoms with van der Waals surface area (Å²) in [5, 5.41) is 6.99. The number of rotatable bonds is 9. The van der Waals surface area contributed by atoms with Crippen LogP contribution in [0, 0.1) is 0 Å². The third-order valence-electron chi connectivity index (χ3n) is 6.53. The molecule has 2 fully saturated rings. The van der Waals surface area contributed by atoms with E-state index in [2.05, 4.69) is 77.1 Å². The Bertz CT molecular complexity index is 930. The smallest absolute Gasteiger partial charge is 0.222 e. The number of nitrogens with one attached hydrogen (secondary N) is 2. The van der Waals surface area contributed by atoms with Crippen molar-refractivity contribution in [1.29, 1.82) is 0 Å². The Hall–Kier alpha value is -2.13. The molecule has 2 heterocycles. The molecule has 2 aliphatic rings. The minimum Gasteiger partial charge on any atom is -0.357 e. The van der Waals surface area contributed by atoms with Crippen molar-refractivity contribution in [1.82, 2.24) is 20.4 Å². The topological polar surface area (TPSA) is 60.0 Å². The Morgan fingerprint density at radius 2 is 1.74 bits per heavy atom. The lowest BCUT2D eigenvalue weighted by atomic mass is 10.1. The fourth-order valence-electron chi connectivity index (χ4n) is 4.81. The summed E-state index contributed by atoms with van der Waals surface area (Å²) in [7, 11) is 0. The molecule has 34 heavy (non-hydrogen) atoms. The first kappa shape index (κ1) is 26.5. The number of amides is 1. The first-order valence-electron chi connectivity index (χ1n) is 12.4. The molecule has 7 heteroatoms. The summed E-state index contributed by atoms with van der Waals surface area (Å²) in [6.07, 6.45) is 4.21. The molecule has 0 aliphatic carbocycles. The van der Waals surface area contributed by atoms with Gasteiger partial charge >= 0.3 is 0 Å². The van der Waals surface area contributed by atoms with E-state index < -0.39 is 0 Å². The molecular formula is C27H38IN5O. The van der Waals surface area contributed by atoms with Gasteiger partial charge in [0.05, 0.1) is 12.6 Å². The summed E-state index contributed by atoms with van der Waals surface area (Å²) >= 11 is 0. The third-order valence-corrected chi connectivity index (χ3v) is 6.53. The molecule has 1 atom stereocenters. The number of benzene rings is 2. The van der Waals surface area contributed by atoms with E-state index in [4.69, 9.17) is 4.99 Å². The number of hydrogen-bond acceptors (Lipinski definition) is 3. The van der Waals surface area contributed by atoms with E-state index in [0.717, 1.165) is 50.7 Å². The van der Waals surface area contributed by atoms with Crippen LogP contribution in [0.15, 0.2) is 59.6 Å². The second-order valence-electron chi connectivity index (χ2n) is 8.98. The molecule has 0 spiro atoms. The second-order valence-corrected chi connectivity index (χ2v) is 8.98. The van der Waals surface area contributed by atoms with Crippen molar-refractivity contribution in [2.45, 2.75) is 51.7 Å². The zero-order chi connectivity index (χ0) is 22.9. The molecule has 0 radical (unpaired) electrons. The lowest BCUT2D eigenvalue weighted by Gasteiger charge is -2.29. The SMILES string of the molecule is CCNC(=NCc1cccc(CN2CCCC2=O)c1)NCC(c1ccccc1)N1CCCC1.I. The van der Waals surface area contributed by atoms with Gasteiger partial charge in [0, 0.05) is 32.6 Å². The highest BCUT2D eigenvalue weighted by Crippen LogP contribution is 2.24. The highest BCUT2D eigenvalue weighted by Gasteiger charge is 2.23. The molecule has 0 saturated carbocycles. The van der Waals surface area contributed by atoms with Gasteiger partial charge < -0.3 is 15.5 Å². The highest BCUT2D eigenvalue weighted by atomic mass is 127. The van der Waals surface area contributed by atoms with Crippen molar-refractivity contribution in [3.05, 3.63) is 71.3 Å². The van der Waals surface area contributed by atoms with E-state index in [-0.39, 0.29) is 29.9 Å². The van der Waals surface area contributed by atoms with Gasteiger partial charge in [-0.15, -0.1) is 24.0 Å². The van der Waals surface area contributed by atoms with Crippen LogP contribution in [0.25, 0.3) is 0 Å². The summed E-state index contributed by atoms with van der Waals surface area (Å²) in [5.41, 5.74) is 3.69. The van der Waals surface area contributed by atoms with Crippen LogP contribution in [0.1, 0.15) is 55.3 Å². The maximum atomic E-state index is 12.0. The number of nitrogens with zero attached hydrogens (tertiary/aromatic N) is 3. The molecule has 1 unspecified atom stereocenters. The first-order chi connectivity index (χ1) is 16.2. The van der Waals surface area contributed by atoms with Gasteiger partial charge in [0.25, 0.3) is 0 Å². The normalized spacial score (nSPS) is 17.5. The van der Waals surface area contributed by atoms with Crippen LogP contribution in [0.2, 0.25) is 0 Å². The van der Waals surface area contributed by atoms with Gasteiger partial charge in [0.15, 0.2) is 5.96 Å². The number of halogens is 1. The number of hydrogen-bond donors (Lipinski definition) is 2. The minimum atomic E-state index is 0. The van der Waals surface area contributed by atoms with Crippen molar-refractivity contribution in [3.63, 3.8) is 0 Å². The molecule has 1 amide bonds. The largest absolute Gasteiger partial charge is 0.357 e. The van der Waals surface area contributed by atoms with Crippen LogP contribution < -0.4 is 10.6 Å². The molecule has 6 nitrogen and oxygen atoms in total. The van der Waals surface area contributed by atoms with Gasteiger partial charge in [0.2, 0.25) is 5.91 Å². The van der Waals surface area contributed by atoms with Crippen molar-refractivity contribution in [2.24, 2.45) is 4.99 Å². The quantitative estimate of drug-likeness (QED) is 0.266. The Balaban J connectivity index is 0.00000324. The molecule has 0 aromatic heterocycles. The van der Waals surface area contributed by atoms with Crippen molar-refractivity contribution in [3.8, 4) is 0 Å². The number of carbonyl (C=O) groups is 1. The standard InChI is InChI=1S/C27H37N5O.HI/c1-2-28-27(30-20-25(31-15-6-7-16-31)24-12-4-3-5-13-24)29-19-22-10-8-11-23(18-22)21-32-17-9-14-26(32)33;/h3-5,8,10-13,18,25H,2,6-7,9,14-17,19-21H2,1H3,(H2,28,29,30);1H. The van der Waals surface area contributed by atoms with E-state index >= 15 is 0 Å². The average molecular weight is 576 g/mol. The maximum Gasteiger partial charge on any atom is 0.222 e. The van der Waals surface area contributed by atoms with Gasteiger partial charge in [-0.05, 0) is 56.0 Å². The predicted molar refractivity (Wildman–Crippen MR) is 149 cm³/mol. The van der Waals surface area contributed by atoms with Crippen molar-refractivity contribution >= 4 is 35.8 Å². The van der Waals surface area contributed by atoms with Gasteiger partial charge in [-0.1, -0.05) is 54.6 Å². The Morgan fingerprint density at radius 1 is 0.971 bits per heavy atom. The molecule has 0 bridgehead atoms. The molecule has 2 aromatic carbocycles. The van der Waals surface area contributed by atoms with Crippen LogP contribution in [-0.4, -0.2) is 54.4 Å². The van der Waals surface area contributed by atoms with Gasteiger partial charge in [-0.25, -0.2) is 4.99 Å². The van der Waals surface area contributed by atoms with Crippen molar-refractivity contribution in [2.75, 3.05) is 32.7 Å². The fourth-order valence-corrected chi connectivity index (χ4v) is 4.81. The Kier molecular flexibility index (Phi) is 10.7. The van der Waals surface area contributed by atoms with Crippen LogP contribution in [-0.2, 0) is 17.9 Å². The maximum absolute atomic E-state index is 12.0. The van der Waals surface area contributed by atoms with E-state index in [1.165, 1.54) is 24.0 Å². The van der Waals surface area contributed by atoms with Gasteiger partial charge in [-0.2, -0.15) is 0 Å². The number of carbonyl (C=O) groups excluding carboxylic acids is 1. The summed E-state index contributed by atoms with van der Waals surface area (Å²) in [4.78, 5) is 21.4. The molecular weight excluding hydrogens is 537 g/mol. The number of likely N-dealkylation sites (tertiary alicyclic amines) is 2. The summed E-state index contributed by atoms with van der Waals surface area (Å²) in [5.74, 6) is 1.11. The second kappa shape index (κ2) is 13.7. The predicted octanol–water partition coefficient (Wildman–Crippen LogP) is 4.32. The van der Waals surface area contributed by atoms with Crippen LogP contribution in [0.3, 0.4) is 0 Å². The zero-order valence-corrected chi connectivity index (χ0v) is 22.5. The Morgan fingerprint density at radius 3 is 2.44 bits per heavy atom. The Labute approximate surface area is 221 Å². The van der Waals surface area contributed by atoms with Crippen LogP contribution >= 0.6 is 24.0 Å². The molecule has 2 saturated heterocycles. The molecule has 4 rings (SSSR count). The molecule has 2 aromatic rings. The lowest BCUT2D eigenvalue weighted by molar-refractivity contribution is -0.128. The number of aliphatic imine (C=N–C) groups is 1. The summed E-state index contributed by atoms with van der Waals surface area (Å²) in [6.45, 7) is 8.23. The number of guanidine groups is 1. The molecule has 184 valence electrons. The molecule has 2 N–H and O–H groups in total. The average Bonchev–Trinajstić information content (AvgIpc) is 3.51. The minimum absolute atomic E-state index is 0. The monoisotopic (exact) mass is 575 g/mol. The fraction of sp³-hybridized carbons (Fsp3) is 0.481.